The Morgan fingerprint density at radius 1 is 0.969 bits per heavy atom. The number of carbonyl (C=O) groups is 2. The topological polar surface area (TPSA) is 76.1 Å². The van der Waals surface area contributed by atoms with E-state index in [9.17, 15) is 14.7 Å². The van der Waals surface area contributed by atoms with Crippen molar-refractivity contribution in [1.29, 1.82) is 0 Å². The molecule has 4 rings (SSSR count). The predicted molar refractivity (Wildman–Crippen MR) is 122 cm³/mol. The van der Waals surface area contributed by atoms with Crippen LogP contribution >= 0.6 is 0 Å². The number of nitrogens with zero attached hydrogens (tertiary/aromatic N) is 1. The Balaban J connectivity index is 1.82. The van der Waals surface area contributed by atoms with E-state index in [-0.39, 0.29) is 17.4 Å². The molecule has 1 saturated carbocycles. The molecule has 0 bridgehead atoms. The van der Waals surface area contributed by atoms with Crippen LogP contribution in [0.3, 0.4) is 0 Å². The average molecular weight is 436 g/mol. The number of carbonyl (C=O) groups excluding carboxylic acids is 2. The summed E-state index contributed by atoms with van der Waals surface area (Å²) in [5.41, 5.74) is 1.36. The van der Waals surface area contributed by atoms with Crippen molar-refractivity contribution < 1.29 is 24.2 Å². The van der Waals surface area contributed by atoms with Gasteiger partial charge < -0.3 is 19.5 Å². The van der Waals surface area contributed by atoms with Gasteiger partial charge >= 0.3 is 0 Å². The first-order valence-corrected chi connectivity index (χ1v) is 11.3. The SMILES string of the molecule is CCOc1ccc(/C(O)=C2/C(=O)C(=O)N(C3CCCC3)C2c2cccc(OCC)c2)cc1. The van der Waals surface area contributed by atoms with Gasteiger partial charge in [0.2, 0.25) is 0 Å². The van der Waals surface area contributed by atoms with E-state index in [1.54, 1.807) is 29.2 Å². The highest BCUT2D eigenvalue weighted by molar-refractivity contribution is 6.46. The number of Topliss-reactive ketones (excluding diaryl/α,β-unsaturated/α-hetero) is 1. The Hall–Kier alpha value is -3.28. The van der Waals surface area contributed by atoms with Gasteiger partial charge in [-0.1, -0.05) is 25.0 Å². The van der Waals surface area contributed by atoms with Crippen molar-refractivity contribution in [2.24, 2.45) is 0 Å². The first-order chi connectivity index (χ1) is 15.5. The zero-order valence-corrected chi connectivity index (χ0v) is 18.5. The standard InChI is InChI=1S/C26H29NO5/c1-3-31-20-14-12-17(13-15-20)24(28)22-23(18-8-7-11-21(16-18)32-4-2)27(26(30)25(22)29)19-9-5-6-10-19/h7-8,11-16,19,23,28H,3-6,9-10H2,1-2H3/b24-22-. The number of amides is 1. The summed E-state index contributed by atoms with van der Waals surface area (Å²) in [6.07, 6.45) is 3.77. The number of aliphatic hydroxyl groups is 1. The van der Waals surface area contributed by atoms with Gasteiger partial charge in [-0.3, -0.25) is 9.59 Å². The summed E-state index contributed by atoms with van der Waals surface area (Å²) in [5, 5.41) is 11.2. The molecule has 1 aliphatic carbocycles. The lowest BCUT2D eigenvalue weighted by atomic mass is 9.94. The minimum absolute atomic E-state index is 0.0159. The molecule has 1 saturated heterocycles. The second-order valence-electron chi connectivity index (χ2n) is 8.11. The van der Waals surface area contributed by atoms with Crippen LogP contribution in [-0.2, 0) is 9.59 Å². The average Bonchev–Trinajstić information content (AvgIpc) is 3.41. The number of ether oxygens (including phenoxy) is 2. The summed E-state index contributed by atoms with van der Waals surface area (Å²) < 4.78 is 11.1. The second kappa shape index (κ2) is 9.47. The molecular weight excluding hydrogens is 406 g/mol. The number of ketones is 1. The number of aliphatic hydroxyl groups excluding tert-OH is 1. The van der Waals surface area contributed by atoms with Gasteiger partial charge in [0, 0.05) is 11.6 Å². The van der Waals surface area contributed by atoms with Crippen molar-refractivity contribution >= 4 is 17.4 Å². The fourth-order valence-corrected chi connectivity index (χ4v) is 4.71. The molecule has 0 radical (unpaired) electrons. The smallest absolute Gasteiger partial charge is 0.295 e. The molecule has 0 spiro atoms. The van der Waals surface area contributed by atoms with Crippen molar-refractivity contribution in [3.8, 4) is 11.5 Å². The van der Waals surface area contributed by atoms with Crippen LogP contribution in [0.4, 0.5) is 0 Å². The molecule has 1 aliphatic heterocycles. The first kappa shape index (κ1) is 21.9. The lowest BCUT2D eigenvalue weighted by molar-refractivity contribution is -0.141. The largest absolute Gasteiger partial charge is 0.507 e. The number of rotatable bonds is 7. The Labute approximate surface area is 188 Å². The molecule has 1 atom stereocenters. The Kier molecular flexibility index (Phi) is 6.49. The molecule has 2 aromatic carbocycles. The van der Waals surface area contributed by atoms with Crippen molar-refractivity contribution in [2.75, 3.05) is 13.2 Å². The van der Waals surface area contributed by atoms with Crippen molar-refractivity contribution in [3.05, 3.63) is 65.2 Å². The Morgan fingerprint density at radius 2 is 1.62 bits per heavy atom. The predicted octanol–water partition coefficient (Wildman–Crippen LogP) is 4.85. The second-order valence-corrected chi connectivity index (χ2v) is 8.11. The zero-order chi connectivity index (χ0) is 22.7. The van der Waals surface area contributed by atoms with Crippen LogP contribution in [0.5, 0.6) is 11.5 Å². The molecule has 32 heavy (non-hydrogen) atoms. The van der Waals surface area contributed by atoms with E-state index in [2.05, 4.69) is 0 Å². The highest BCUT2D eigenvalue weighted by atomic mass is 16.5. The molecule has 168 valence electrons. The van der Waals surface area contributed by atoms with Crippen LogP contribution < -0.4 is 9.47 Å². The van der Waals surface area contributed by atoms with E-state index in [0.29, 0.717) is 30.3 Å². The third kappa shape index (κ3) is 4.09. The zero-order valence-electron chi connectivity index (χ0n) is 18.5. The molecule has 6 heteroatoms. The van der Waals surface area contributed by atoms with Crippen molar-refractivity contribution in [3.63, 3.8) is 0 Å². The quantitative estimate of drug-likeness (QED) is 0.382. The van der Waals surface area contributed by atoms with Crippen molar-refractivity contribution in [2.45, 2.75) is 51.6 Å². The molecule has 1 heterocycles. The summed E-state index contributed by atoms with van der Waals surface area (Å²) in [7, 11) is 0. The molecule has 1 amide bonds. The monoisotopic (exact) mass is 435 g/mol. The molecule has 2 aliphatic rings. The fraction of sp³-hybridized carbons (Fsp3) is 0.385. The van der Waals surface area contributed by atoms with E-state index in [0.717, 1.165) is 31.2 Å². The molecule has 2 fully saturated rings. The van der Waals surface area contributed by atoms with Gasteiger partial charge in [0.1, 0.15) is 17.3 Å². The van der Waals surface area contributed by atoms with E-state index in [1.807, 2.05) is 38.1 Å². The summed E-state index contributed by atoms with van der Waals surface area (Å²) in [5.74, 6) is -0.00972. The van der Waals surface area contributed by atoms with E-state index >= 15 is 0 Å². The number of benzene rings is 2. The lowest BCUT2D eigenvalue weighted by Gasteiger charge is -2.31. The van der Waals surface area contributed by atoms with Gasteiger partial charge in [-0.2, -0.15) is 0 Å². The van der Waals surface area contributed by atoms with E-state index < -0.39 is 17.7 Å². The van der Waals surface area contributed by atoms with Gasteiger partial charge in [-0.15, -0.1) is 0 Å². The normalized spacial score (nSPS) is 20.7. The number of hydrogen-bond acceptors (Lipinski definition) is 5. The summed E-state index contributed by atoms with van der Waals surface area (Å²) in [6, 6.07) is 13.7. The molecule has 1 N–H and O–H groups in total. The van der Waals surface area contributed by atoms with Gasteiger partial charge in [0.15, 0.2) is 0 Å². The third-order valence-electron chi connectivity index (χ3n) is 6.12. The fourth-order valence-electron chi connectivity index (χ4n) is 4.71. The first-order valence-electron chi connectivity index (χ1n) is 11.3. The maximum absolute atomic E-state index is 13.2. The molecule has 1 unspecified atom stereocenters. The van der Waals surface area contributed by atoms with Crippen LogP contribution in [0.15, 0.2) is 54.1 Å². The van der Waals surface area contributed by atoms with E-state index in [4.69, 9.17) is 9.47 Å². The Morgan fingerprint density at radius 3 is 2.28 bits per heavy atom. The van der Waals surface area contributed by atoms with Gasteiger partial charge in [0.25, 0.3) is 11.7 Å². The van der Waals surface area contributed by atoms with Crippen LogP contribution in [0.1, 0.15) is 56.7 Å². The molecule has 6 nitrogen and oxygen atoms in total. The third-order valence-corrected chi connectivity index (χ3v) is 6.12. The summed E-state index contributed by atoms with van der Waals surface area (Å²) in [6.45, 7) is 4.85. The number of hydrogen-bond donors (Lipinski definition) is 1. The maximum atomic E-state index is 13.2. The van der Waals surface area contributed by atoms with Crippen LogP contribution in [0.2, 0.25) is 0 Å². The molecular formula is C26H29NO5. The van der Waals surface area contributed by atoms with Crippen LogP contribution in [0, 0.1) is 0 Å². The molecule has 0 aromatic heterocycles. The molecule has 2 aromatic rings. The summed E-state index contributed by atoms with van der Waals surface area (Å²) >= 11 is 0. The summed E-state index contributed by atoms with van der Waals surface area (Å²) in [4.78, 5) is 28.0. The van der Waals surface area contributed by atoms with Gasteiger partial charge in [-0.05, 0) is 68.7 Å². The van der Waals surface area contributed by atoms with Crippen LogP contribution in [-0.4, -0.2) is 41.0 Å². The minimum Gasteiger partial charge on any atom is -0.507 e. The van der Waals surface area contributed by atoms with E-state index in [1.165, 1.54) is 0 Å². The van der Waals surface area contributed by atoms with Gasteiger partial charge in [-0.25, -0.2) is 0 Å². The van der Waals surface area contributed by atoms with Crippen molar-refractivity contribution in [1.82, 2.24) is 4.90 Å². The Bertz CT molecular complexity index is 1020. The minimum atomic E-state index is -0.648. The lowest BCUT2D eigenvalue weighted by Crippen LogP contribution is -2.37. The maximum Gasteiger partial charge on any atom is 0.295 e. The van der Waals surface area contributed by atoms with Crippen LogP contribution in [0.25, 0.3) is 5.76 Å². The highest BCUT2D eigenvalue weighted by Gasteiger charge is 2.49. The highest BCUT2D eigenvalue weighted by Crippen LogP contribution is 2.44. The van der Waals surface area contributed by atoms with Gasteiger partial charge in [0.05, 0.1) is 24.8 Å². The number of likely N-dealkylation sites (tertiary alicyclic amines) is 1.